The van der Waals surface area contributed by atoms with E-state index in [0.29, 0.717) is 37.2 Å². The maximum atomic E-state index is 15.0. The van der Waals surface area contributed by atoms with E-state index >= 15 is 4.39 Å². The topological polar surface area (TPSA) is 78.9 Å². The minimum atomic E-state index is -1.52. The van der Waals surface area contributed by atoms with Crippen LogP contribution in [0.2, 0.25) is 0 Å². The molecule has 3 heterocycles. The Morgan fingerprint density at radius 3 is 2.81 bits per heavy atom. The van der Waals surface area contributed by atoms with E-state index in [1.165, 1.54) is 6.08 Å². The second-order valence-corrected chi connectivity index (χ2v) is 11.3. The van der Waals surface area contributed by atoms with Crippen molar-refractivity contribution in [3.63, 3.8) is 0 Å². The highest BCUT2D eigenvalue weighted by molar-refractivity contribution is 7.21. The first-order chi connectivity index (χ1) is 17.2. The summed E-state index contributed by atoms with van der Waals surface area (Å²) in [6, 6.07) is 2.22. The maximum absolute atomic E-state index is 15.0. The van der Waals surface area contributed by atoms with Crippen LogP contribution < -0.4 is 11.1 Å². The van der Waals surface area contributed by atoms with Crippen molar-refractivity contribution in [3.8, 4) is 0 Å². The summed E-state index contributed by atoms with van der Waals surface area (Å²) >= 11 is 0. The van der Waals surface area contributed by atoms with Crippen LogP contribution in [-0.2, 0) is 10.1 Å². The summed E-state index contributed by atoms with van der Waals surface area (Å²) in [5.74, 6) is 0.298. The van der Waals surface area contributed by atoms with Gasteiger partial charge in [0.25, 0.3) is 0 Å². The molecular formula is C26H43BFN6OP. The molecule has 3 unspecified atom stereocenters. The Kier molecular flexibility index (Phi) is 10.4. The molecule has 0 bridgehead atoms. The Hall–Kier alpha value is -1.96. The summed E-state index contributed by atoms with van der Waals surface area (Å²) in [4.78, 5) is 20.9. The van der Waals surface area contributed by atoms with Crippen LogP contribution in [0.3, 0.4) is 0 Å². The van der Waals surface area contributed by atoms with Gasteiger partial charge in [0.2, 0.25) is 5.91 Å². The first-order valence-corrected chi connectivity index (χ1v) is 13.8. The number of imidazole rings is 1. The summed E-state index contributed by atoms with van der Waals surface area (Å²) in [5.41, 5.74) is 9.14. The molecule has 1 fully saturated rings. The van der Waals surface area contributed by atoms with Gasteiger partial charge in [0.1, 0.15) is 5.31 Å². The van der Waals surface area contributed by atoms with Gasteiger partial charge in [-0.25, -0.2) is 9.37 Å². The van der Waals surface area contributed by atoms with Crippen LogP contribution in [0.1, 0.15) is 63.1 Å². The van der Waals surface area contributed by atoms with Crippen molar-refractivity contribution in [1.82, 2.24) is 19.2 Å². The Morgan fingerprint density at radius 2 is 2.19 bits per heavy atom. The van der Waals surface area contributed by atoms with Crippen molar-refractivity contribution in [2.45, 2.75) is 63.2 Å². The highest BCUT2D eigenvalue weighted by Gasteiger charge is 2.25. The lowest BCUT2D eigenvalue weighted by atomic mass is 9.93. The molecule has 0 aromatic carbocycles. The van der Waals surface area contributed by atoms with E-state index < -0.39 is 5.31 Å². The molecule has 3 N–H and O–H groups in total. The number of alkyl halides is 1. The first kappa shape index (κ1) is 28.6. The first-order valence-electron chi connectivity index (χ1n) is 13.3. The van der Waals surface area contributed by atoms with E-state index in [1.54, 1.807) is 12.7 Å². The lowest BCUT2D eigenvalue weighted by molar-refractivity contribution is -0.126. The average Bonchev–Trinajstić information content (AvgIpc) is 3.28. The largest absolute Gasteiger partial charge is 0.379 e. The van der Waals surface area contributed by atoms with E-state index in [0.717, 1.165) is 68.8 Å². The number of amides is 1. The van der Waals surface area contributed by atoms with Crippen molar-refractivity contribution < 1.29 is 9.18 Å². The third-order valence-corrected chi connectivity index (χ3v) is 7.49. The lowest BCUT2D eigenvalue weighted by Gasteiger charge is -2.33. The van der Waals surface area contributed by atoms with Crippen molar-refractivity contribution in [1.29, 1.82) is 0 Å². The molecule has 2 aromatic rings. The van der Waals surface area contributed by atoms with Crippen LogP contribution in [0, 0.1) is 0 Å². The minimum absolute atomic E-state index is 0.0574. The maximum Gasteiger partial charge on any atom is 0.245 e. The number of hydrogen-bond donors (Lipinski definition) is 2. The summed E-state index contributed by atoms with van der Waals surface area (Å²) < 4.78 is 17.1. The number of fused-ring (bicyclic) bond motifs is 1. The van der Waals surface area contributed by atoms with Crippen LogP contribution in [0.15, 0.2) is 31.1 Å². The fraction of sp³-hybridized carbons (Fsp3) is 0.615. The number of nitrogens with two attached hydrogens (primary N) is 1. The van der Waals surface area contributed by atoms with Gasteiger partial charge in [0, 0.05) is 62.4 Å². The Labute approximate surface area is 218 Å². The van der Waals surface area contributed by atoms with Gasteiger partial charge in [-0.05, 0) is 50.3 Å². The fourth-order valence-corrected chi connectivity index (χ4v) is 5.21. The molecule has 1 aliphatic rings. The molecule has 0 aliphatic carbocycles. The number of halogens is 1. The summed E-state index contributed by atoms with van der Waals surface area (Å²) in [7, 11) is 3.89. The van der Waals surface area contributed by atoms with Crippen molar-refractivity contribution >= 4 is 34.3 Å². The second kappa shape index (κ2) is 13.0. The molecule has 3 atom stereocenters. The number of carbonyl (C=O) groups excluding carboxylic acids is 1. The van der Waals surface area contributed by atoms with E-state index in [2.05, 4.69) is 44.3 Å². The van der Waals surface area contributed by atoms with E-state index in [1.807, 2.05) is 18.5 Å². The van der Waals surface area contributed by atoms with Gasteiger partial charge in [-0.1, -0.05) is 26.8 Å². The predicted octanol–water partition coefficient (Wildman–Crippen LogP) is 3.07. The fourth-order valence-electron chi connectivity index (χ4n) is 5.05. The van der Waals surface area contributed by atoms with Crippen molar-refractivity contribution in [2.75, 3.05) is 44.6 Å². The molecule has 198 valence electrons. The number of carbonyl (C=O) groups is 1. The molecule has 0 saturated carbocycles. The minimum Gasteiger partial charge on any atom is -0.379 e. The zero-order valence-corrected chi connectivity index (χ0v) is 23.3. The number of hydrogen-bond acceptors (Lipinski definition) is 5. The van der Waals surface area contributed by atoms with Crippen LogP contribution in [0.5, 0.6) is 0 Å². The number of likely N-dealkylation sites (tertiary alicyclic amines) is 1. The van der Waals surface area contributed by atoms with Gasteiger partial charge in [0.05, 0.1) is 5.69 Å². The molecule has 3 rings (SSSR count). The van der Waals surface area contributed by atoms with Gasteiger partial charge in [-0.2, -0.15) is 0 Å². The highest BCUT2D eigenvalue weighted by Crippen LogP contribution is 2.35. The number of anilines is 1. The quantitative estimate of drug-likeness (QED) is 0.243. The van der Waals surface area contributed by atoms with Gasteiger partial charge >= 0.3 is 0 Å². The number of nitrogens with zero attached hydrogens (tertiary/aromatic N) is 4. The number of rotatable bonds is 13. The molecule has 7 nitrogen and oxygen atoms in total. The molecule has 2 aromatic heterocycles. The van der Waals surface area contributed by atoms with Crippen molar-refractivity contribution in [2.24, 2.45) is 5.73 Å². The molecule has 1 amide bonds. The number of piperidine rings is 1. The molecule has 36 heavy (non-hydrogen) atoms. The average molecular weight is 516 g/mol. The Balaban J connectivity index is 1.64. The van der Waals surface area contributed by atoms with Crippen molar-refractivity contribution in [3.05, 3.63) is 42.4 Å². The van der Waals surface area contributed by atoms with E-state index in [9.17, 15) is 4.79 Å². The number of pyridine rings is 1. The molecule has 0 radical (unpaired) electrons. The summed E-state index contributed by atoms with van der Waals surface area (Å²) in [6.07, 6.45) is 10.3. The zero-order chi connectivity index (χ0) is 26.3. The number of nitrogens with one attached hydrogen (secondary N) is 1. The lowest BCUT2D eigenvalue weighted by Crippen LogP contribution is -2.41. The van der Waals surface area contributed by atoms with E-state index in [-0.39, 0.29) is 5.91 Å². The monoisotopic (exact) mass is 516 g/mol. The Morgan fingerprint density at radius 1 is 1.47 bits per heavy atom. The third-order valence-electron chi connectivity index (χ3n) is 7.16. The van der Waals surface area contributed by atoms with Gasteiger partial charge in [-0.15, -0.1) is 9.24 Å². The van der Waals surface area contributed by atoms with Gasteiger partial charge < -0.3 is 25.3 Å². The normalized spacial score (nSPS) is 17.6. The second-order valence-electron chi connectivity index (χ2n) is 10.2. The molecule has 1 saturated heterocycles. The zero-order valence-electron chi connectivity index (χ0n) is 22.2. The number of aromatic nitrogens is 2. The van der Waals surface area contributed by atoms with Crippen LogP contribution >= 0.6 is 9.24 Å². The van der Waals surface area contributed by atoms with Gasteiger partial charge in [0.15, 0.2) is 13.5 Å². The smallest absolute Gasteiger partial charge is 0.245 e. The molecular weight excluding hydrogens is 473 g/mol. The van der Waals surface area contributed by atoms with E-state index in [4.69, 9.17) is 10.7 Å². The molecule has 0 spiro atoms. The predicted molar refractivity (Wildman–Crippen MR) is 153 cm³/mol. The standard InChI is InChI=1S/C26H43BFN6OP/c1-4-7-19(3)23-17-30-25-22(16-20(18-34(23)25)26(27,28)36)31-21-8-13-32(14-9-21)11-6-12-33(15-10-29)24(35)5-2/h5,16-19,21,31H,2,4,6-15,27,29,36H2,1,3H3. The van der Waals surface area contributed by atoms with Crippen LogP contribution in [0.4, 0.5) is 10.1 Å². The Bertz CT molecular complexity index is 1020. The summed E-state index contributed by atoms with van der Waals surface area (Å²) in [6.45, 7) is 12.6. The van der Waals surface area contributed by atoms with Crippen LogP contribution in [-0.4, -0.2) is 78.2 Å². The van der Waals surface area contributed by atoms with Gasteiger partial charge in [-0.3, -0.25) is 4.79 Å². The highest BCUT2D eigenvalue weighted by atomic mass is 31.0. The third kappa shape index (κ3) is 7.30. The molecule has 1 aliphatic heterocycles. The summed E-state index contributed by atoms with van der Waals surface area (Å²) in [5, 5.41) is 2.17. The SMILES string of the molecule is BC(F)(P)c1cc(NC2CCN(CCCN(CCN)C(=O)C=C)CC2)c2ncc(C(C)CCC)n2c1. The van der Waals surface area contributed by atoms with Crippen LogP contribution in [0.25, 0.3) is 5.65 Å². The molecule has 10 heteroatoms.